The fourth-order valence-electron chi connectivity index (χ4n) is 7.30. The third kappa shape index (κ3) is 25.2. The Morgan fingerprint density at radius 2 is 1.12 bits per heavy atom. The van der Waals surface area contributed by atoms with Gasteiger partial charge in [-0.25, -0.2) is 4.98 Å². The molecule has 0 aromatic carbocycles. The Hall–Kier alpha value is -6.04. The molecule has 0 aliphatic rings. The third-order valence-corrected chi connectivity index (χ3v) is 12.6. The maximum Gasteiger partial charge on any atom is 0.322 e. The van der Waals surface area contributed by atoms with E-state index in [1.165, 1.54) is 31.2 Å². The molecule has 0 fully saturated rings. The zero-order chi connectivity index (χ0) is 57.8. The smallest absolute Gasteiger partial charge is 0.322 e. The van der Waals surface area contributed by atoms with E-state index in [4.69, 9.17) is 22.3 Å². The number of carboxylic acid groups (broad SMARTS) is 1. The van der Waals surface area contributed by atoms with Crippen molar-refractivity contribution in [3.05, 3.63) is 18.2 Å². The number of aromatic amines is 1. The lowest BCUT2D eigenvalue weighted by atomic mass is 9.98. The van der Waals surface area contributed by atoms with Gasteiger partial charge in [0, 0.05) is 30.5 Å². The Kier molecular flexibility index (Phi) is 31.6. The zero-order valence-electron chi connectivity index (χ0n) is 44.6. The summed E-state index contributed by atoms with van der Waals surface area (Å²) in [6.07, 6.45) is 3.51. The number of nitrogens with zero attached hydrogens (tertiary/aromatic N) is 1. The lowest BCUT2D eigenvalue weighted by Gasteiger charge is -2.30. The molecule has 0 unspecified atom stereocenters. The number of aromatic nitrogens is 2. The molecule has 76 heavy (non-hydrogen) atoms. The van der Waals surface area contributed by atoms with Gasteiger partial charge in [-0.3, -0.25) is 52.7 Å². The van der Waals surface area contributed by atoms with E-state index >= 15 is 0 Å². The first kappa shape index (κ1) is 68.0. The molecule has 0 saturated carbocycles. The number of carbonyl (C=O) groups is 11. The molecule has 0 radical (unpaired) electrons. The number of amides is 10. The molecule has 10 amide bonds. The maximum absolute atomic E-state index is 14.2. The number of primary amides is 1. The predicted octanol–water partition coefficient (Wildman–Crippen LogP) is -3.83. The molecule has 430 valence electrons. The summed E-state index contributed by atoms with van der Waals surface area (Å²) >= 11 is 5.43. The Labute approximate surface area is 453 Å². The fraction of sp³-hybridized carbons (Fsp3) is 0.702. The predicted molar refractivity (Wildman–Crippen MR) is 285 cm³/mol. The Bertz CT molecular complexity index is 2080. The van der Waals surface area contributed by atoms with Crippen LogP contribution in [0.15, 0.2) is 12.5 Å². The number of thioether (sulfide) groups is 1. The van der Waals surface area contributed by atoms with Gasteiger partial charge in [-0.1, -0.05) is 41.5 Å². The minimum absolute atomic E-state index is 0.00238. The Morgan fingerprint density at radius 1 is 0.645 bits per heavy atom. The number of nitrogens with one attached hydrogen (secondary N) is 10. The van der Waals surface area contributed by atoms with Crippen molar-refractivity contribution in [2.75, 3.05) is 30.9 Å². The number of hydrogen-bond acceptors (Lipinski definition) is 17. The molecule has 18 N–H and O–H groups in total. The van der Waals surface area contributed by atoms with Crippen LogP contribution in [0.1, 0.15) is 99.1 Å². The highest BCUT2D eigenvalue weighted by molar-refractivity contribution is 7.98. The van der Waals surface area contributed by atoms with E-state index in [0.29, 0.717) is 24.3 Å². The number of unbranched alkanes of at least 4 members (excludes halogenated alkanes) is 1. The summed E-state index contributed by atoms with van der Waals surface area (Å²) in [5.41, 5.74) is 17.7. The molecule has 0 aliphatic carbocycles. The van der Waals surface area contributed by atoms with Gasteiger partial charge in [-0.15, -0.1) is 0 Å². The summed E-state index contributed by atoms with van der Waals surface area (Å²) in [6.45, 7) is 10.8. The van der Waals surface area contributed by atoms with Crippen LogP contribution in [-0.2, 0) is 59.2 Å². The molecule has 0 saturated heterocycles. The summed E-state index contributed by atoms with van der Waals surface area (Å²) in [7, 11) is 0. The van der Waals surface area contributed by atoms with Crippen molar-refractivity contribution in [3.8, 4) is 0 Å². The number of rotatable bonds is 37. The van der Waals surface area contributed by atoms with Gasteiger partial charge in [-0.2, -0.15) is 24.4 Å². The Balaban J connectivity index is 3.38. The van der Waals surface area contributed by atoms with E-state index in [-0.39, 0.29) is 56.7 Å². The fourth-order valence-corrected chi connectivity index (χ4v) is 8.03. The topological polar surface area (TPSA) is 443 Å². The van der Waals surface area contributed by atoms with Crippen LogP contribution in [0.2, 0.25) is 0 Å². The van der Waals surface area contributed by atoms with E-state index in [1.54, 1.807) is 47.8 Å². The van der Waals surface area contributed by atoms with E-state index in [0.717, 1.165) is 0 Å². The lowest BCUT2D eigenvalue weighted by molar-refractivity contribution is -0.139. The van der Waals surface area contributed by atoms with Gasteiger partial charge in [0.05, 0.1) is 18.5 Å². The molecule has 1 heterocycles. The van der Waals surface area contributed by atoms with Crippen molar-refractivity contribution >= 4 is 89.4 Å². The molecule has 1 rings (SSSR count). The molecule has 1 aromatic rings. The van der Waals surface area contributed by atoms with Crippen molar-refractivity contribution < 1.29 is 63.0 Å². The molecular formula is C47H82N14O13S2. The molecule has 0 spiro atoms. The summed E-state index contributed by atoms with van der Waals surface area (Å²) in [6, 6.07) is -11.9. The minimum Gasteiger partial charge on any atom is -0.480 e. The van der Waals surface area contributed by atoms with Crippen molar-refractivity contribution in [1.29, 1.82) is 0 Å². The number of hydrogen-bond donors (Lipinski definition) is 16. The van der Waals surface area contributed by atoms with Crippen LogP contribution < -0.4 is 65.1 Å². The first-order valence-electron chi connectivity index (χ1n) is 25.1. The minimum atomic E-state index is -1.68. The van der Waals surface area contributed by atoms with E-state index in [9.17, 15) is 57.8 Å². The number of carbonyl (C=O) groups excluding carboxylic acids is 10. The molecular weight excluding hydrogens is 1030 g/mol. The number of nitrogens with two attached hydrogens (primary N) is 3. The first-order chi connectivity index (χ1) is 35.7. The largest absolute Gasteiger partial charge is 0.480 e. The average Bonchev–Trinajstić information content (AvgIpc) is 3.86. The van der Waals surface area contributed by atoms with Gasteiger partial charge in [0.15, 0.2) is 0 Å². The second-order valence-electron chi connectivity index (χ2n) is 19.4. The summed E-state index contributed by atoms with van der Waals surface area (Å²) in [5.74, 6) is -10.8. The summed E-state index contributed by atoms with van der Waals surface area (Å²) in [4.78, 5) is 152. The van der Waals surface area contributed by atoms with Crippen molar-refractivity contribution in [2.45, 2.75) is 160 Å². The highest BCUT2D eigenvalue weighted by Gasteiger charge is 2.37. The van der Waals surface area contributed by atoms with E-state index < -0.39 is 144 Å². The third-order valence-electron chi connectivity index (χ3n) is 11.6. The van der Waals surface area contributed by atoms with Crippen molar-refractivity contribution in [1.82, 2.24) is 57.8 Å². The second-order valence-corrected chi connectivity index (χ2v) is 20.7. The lowest BCUT2D eigenvalue weighted by Crippen LogP contribution is -2.62. The molecule has 27 nitrogen and oxygen atoms in total. The number of aliphatic hydroxyl groups is 1. The van der Waals surface area contributed by atoms with Gasteiger partial charge in [-0.05, 0) is 81.8 Å². The number of aliphatic carboxylic acids is 1. The summed E-state index contributed by atoms with van der Waals surface area (Å²) in [5, 5.41) is 42.4. The maximum atomic E-state index is 14.2. The van der Waals surface area contributed by atoms with Crippen LogP contribution in [0.25, 0.3) is 0 Å². The highest BCUT2D eigenvalue weighted by Crippen LogP contribution is 2.13. The zero-order valence-corrected chi connectivity index (χ0v) is 46.3. The van der Waals surface area contributed by atoms with E-state index in [2.05, 4.69) is 70.4 Å². The van der Waals surface area contributed by atoms with Crippen LogP contribution in [0.3, 0.4) is 0 Å². The number of imidazole rings is 1. The highest BCUT2D eigenvalue weighted by atomic mass is 32.2. The standard InChI is InChI=1S/C47H82N14O13S2/c1-23(2)17-32(57-45(72)36(24(3)4)59-43(70)30(12-13-34(50)63)54-39(66)28(49)18-27-19-51-22-53-27)44(71)56-31(14-16-76-8)41(68)55-29(11-9-10-15-48)42(69)61-38(26(7)62)47(74)60-37(25(5)6)46(73)58-33(21-75)40(67)52-20-35(64)65/h19,22-26,28-33,36-38,62,75H,9-18,20-21,48-49H2,1-8H3,(H2,50,63)(H,51,53)(H,52,67)(H,54,66)(H,55,68)(H,56,71)(H,57,72)(H,58,73)(H,59,70)(H,60,74)(H,61,69)(H,64,65)/t26-,28+,29+,30+,31+,32+,33+,36+,37+,38+/m1/s1. The van der Waals surface area contributed by atoms with Crippen LogP contribution in [-0.4, -0.2) is 177 Å². The van der Waals surface area contributed by atoms with Gasteiger partial charge in [0.2, 0.25) is 59.1 Å². The molecule has 1 aromatic heterocycles. The van der Waals surface area contributed by atoms with Crippen molar-refractivity contribution in [2.24, 2.45) is 35.0 Å². The van der Waals surface area contributed by atoms with Gasteiger partial charge in [0.25, 0.3) is 0 Å². The van der Waals surface area contributed by atoms with Crippen LogP contribution >= 0.6 is 24.4 Å². The first-order valence-corrected chi connectivity index (χ1v) is 27.1. The van der Waals surface area contributed by atoms with Crippen LogP contribution in [0.4, 0.5) is 0 Å². The van der Waals surface area contributed by atoms with Gasteiger partial charge < -0.3 is 80.2 Å². The van der Waals surface area contributed by atoms with Crippen molar-refractivity contribution in [3.63, 3.8) is 0 Å². The van der Waals surface area contributed by atoms with Gasteiger partial charge >= 0.3 is 5.97 Å². The van der Waals surface area contributed by atoms with Crippen LogP contribution in [0, 0.1) is 17.8 Å². The number of H-pyrrole nitrogens is 1. The normalized spacial score (nSPS) is 15.2. The number of thiol groups is 1. The molecule has 0 bridgehead atoms. The van der Waals surface area contributed by atoms with Crippen LogP contribution in [0.5, 0.6) is 0 Å². The SMILES string of the molecule is CSCC[C@H](NC(=O)[C@H](CC(C)C)NC(=O)[C@@H](NC(=O)[C@H](CCC(N)=O)NC(=O)[C@@H](N)Cc1cnc[nH]1)C(C)C)C(=O)N[C@@H](CCCCN)C(=O)N[C@H](C(=O)N[C@H](C(=O)N[C@@H](CS)C(=O)NCC(=O)O)C(C)C)[C@@H](C)O. The average molecular weight is 1120 g/mol. The van der Waals surface area contributed by atoms with Gasteiger partial charge in [0.1, 0.15) is 54.9 Å². The van der Waals surface area contributed by atoms with E-state index in [1.807, 2.05) is 0 Å². The molecule has 0 aliphatic heterocycles. The monoisotopic (exact) mass is 1110 g/mol. The quantitative estimate of drug-likeness (QED) is 0.0224. The molecule has 29 heteroatoms. The summed E-state index contributed by atoms with van der Waals surface area (Å²) < 4.78 is 0. The Morgan fingerprint density at radius 3 is 1.59 bits per heavy atom. The number of carboxylic acids is 1. The number of aliphatic hydroxyl groups excluding tert-OH is 1. The second kappa shape index (κ2) is 35.3. The molecule has 10 atom stereocenters.